The van der Waals surface area contributed by atoms with Crippen molar-refractivity contribution in [2.45, 2.75) is 18.1 Å². The molecule has 2 saturated heterocycles. The molecule has 2 aliphatic rings. The van der Waals surface area contributed by atoms with Gasteiger partial charge < -0.3 is 10.1 Å². The summed E-state index contributed by atoms with van der Waals surface area (Å²) in [6.07, 6.45) is 1.99. The van der Waals surface area contributed by atoms with Gasteiger partial charge in [-0.15, -0.1) is 0 Å². The molecule has 4 heteroatoms. The molecule has 0 bridgehead atoms. The number of ether oxygens (including phenoxy) is 1. The standard InChI is InChI=1S/C9H17NO2S/c11-13(7-8-5-10-6-8)9-1-3-12-4-2-9/h8-10H,1-7H2. The molecule has 0 saturated carbocycles. The zero-order chi connectivity index (χ0) is 9.10. The first-order valence-electron chi connectivity index (χ1n) is 5.02. The van der Waals surface area contributed by atoms with Gasteiger partial charge in [0.2, 0.25) is 0 Å². The van der Waals surface area contributed by atoms with Crippen LogP contribution in [0.3, 0.4) is 0 Å². The minimum absolute atomic E-state index is 0.411. The van der Waals surface area contributed by atoms with E-state index in [9.17, 15) is 4.21 Å². The smallest absolute Gasteiger partial charge is 0.0477 e. The Hall–Kier alpha value is 0.0700. The molecule has 1 atom stereocenters. The topological polar surface area (TPSA) is 38.3 Å². The van der Waals surface area contributed by atoms with Crippen LogP contribution in [0.15, 0.2) is 0 Å². The van der Waals surface area contributed by atoms with Crippen LogP contribution >= 0.6 is 0 Å². The first kappa shape index (κ1) is 9.62. The molecule has 0 aromatic carbocycles. The summed E-state index contributed by atoms with van der Waals surface area (Å²) in [5, 5.41) is 3.62. The molecule has 1 unspecified atom stereocenters. The lowest BCUT2D eigenvalue weighted by molar-refractivity contribution is 0.0991. The molecule has 0 aromatic heterocycles. The summed E-state index contributed by atoms with van der Waals surface area (Å²) < 4.78 is 17.1. The first-order valence-corrected chi connectivity index (χ1v) is 6.40. The van der Waals surface area contributed by atoms with Gasteiger partial charge in [-0.25, -0.2) is 0 Å². The van der Waals surface area contributed by atoms with Crippen LogP contribution < -0.4 is 5.32 Å². The van der Waals surface area contributed by atoms with Gasteiger partial charge in [0.05, 0.1) is 0 Å². The fourth-order valence-electron chi connectivity index (χ4n) is 1.77. The van der Waals surface area contributed by atoms with E-state index < -0.39 is 10.8 Å². The summed E-state index contributed by atoms with van der Waals surface area (Å²) in [7, 11) is -0.605. The van der Waals surface area contributed by atoms with Crippen LogP contribution in [0.5, 0.6) is 0 Å². The van der Waals surface area contributed by atoms with E-state index in [2.05, 4.69) is 5.32 Å². The maximum Gasteiger partial charge on any atom is 0.0477 e. The molecule has 13 heavy (non-hydrogen) atoms. The number of hydrogen-bond donors (Lipinski definition) is 1. The van der Waals surface area contributed by atoms with E-state index in [1.165, 1.54) is 0 Å². The van der Waals surface area contributed by atoms with Crippen LogP contribution in [0.2, 0.25) is 0 Å². The van der Waals surface area contributed by atoms with Crippen LogP contribution in [-0.4, -0.2) is 41.5 Å². The molecule has 76 valence electrons. The van der Waals surface area contributed by atoms with Gasteiger partial charge in [0.25, 0.3) is 0 Å². The molecule has 2 fully saturated rings. The lowest BCUT2D eigenvalue weighted by Gasteiger charge is -2.29. The molecular weight excluding hydrogens is 186 g/mol. The Morgan fingerprint density at radius 1 is 1.31 bits per heavy atom. The van der Waals surface area contributed by atoms with Crippen molar-refractivity contribution in [2.75, 3.05) is 32.1 Å². The fourth-order valence-corrected chi connectivity index (χ4v) is 3.46. The lowest BCUT2D eigenvalue weighted by Crippen LogP contribution is -2.46. The third-order valence-electron chi connectivity index (χ3n) is 2.81. The minimum atomic E-state index is -0.605. The maximum absolute atomic E-state index is 11.8. The summed E-state index contributed by atoms with van der Waals surface area (Å²) in [4.78, 5) is 0. The van der Waals surface area contributed by atoms with Crippen molar-refractivity contribution in [3.63, 3.8) is 0 Å². The Kier molecular flexibility index (Phi) is 3.35. The van der Waals surface area contributed by atoms with Crippen molar-refractivity contribution in [3.05, 3.63) is 0 Å². The summed E-state index contributed by atoms with van der Waals surface area (Å²) in [5.41, 5.74) is 0. The largest absolute Gasteiger partial charge is 0.381 e. The van der Waals surface area contributed by atoms with E-state index >= 15 is 0 Å². The van der Waals surface area contributed by atoms with Crippen molar-refractivity contribution in [3.8, 4) is 0 Å². The highest BCUT2D eigenvalue weighted by Crippen LogP contribution is 2.16. The zero-order valence-electron chi connectivity index (χ0n) is 7.83. The van der Waals surface area contributed by atoms with Gasteiger partial charge >= 0.3 is 0 Å². The Morgan fingerprint density at radius 3 is 2.54 bits per heavy atom. The van der Waals surface area contributed by atoms with Gasteiger partial charge in [-0.05, 0) is 18.8 Å². The molecule has 0 amide bonds. The lowest BCUT2D eigenvalue weighted by atomic mass is 10.1. The van der Waals surface area contributed by atoms with E-state index in [1.807, 2.05) is 0 Å². The first-order chi connectivity index (χ1) is 6.36. The molecule has 0 aliphatic carbocycles. The molecule has 0 radical (unpaired) electrons. The predicted octanol–water partition coefficient (Wildman–Crippen LogP) is 0.133. The minimum Gasteiger partial charge on any atom is -0.381 e. The van der Waals surface area contributed by atoms with Gasteiger partial charge in [0.1, 0.15) is 0 Å². The van der Waals surface area contributed by atoms with E-state index in [4.69, 9.17) is 4.74 Å². The zero-order valence-corrected chi connectivity index (χ0v) is 8.65. The second-order valence-electron chi connectivity index (χ2n) is 3.88. The Balaban J connectivity index is 1.74. The molecule has 2 rings (SSSR count). The van der Waals surface area contributed by atoms with E-state index in [1.54, 1.807) is 0 Å². The Bertz CT molecular complexity index is 188. The second kappa shape index (κ2) is 4.53. The van der Waals surface area contributed by atoms with Crippen molar-refractivity contribution in [2.24, 2.45) is 5.92 Å². The summed E-state index contributed by atoms with van der Waals surface area (Å²) in [6, 6.07) is 0. The normalized spacial score (nSPS) is 28.3. The Morgan fingerprint density at radius 2 is 2.00 bits per heavy atom. The quantitative estimate of drug-likeness (QED) is 0.709. The third kappa shape index (κ3) is 2.51. The third-order valence-corrected chi connectivity index (χ3v) is 4.82. The van der Waals surface area contributed by atoms with Crippen LogP contribution in [0.4, 0.5) is 0 Å². The maximum atomic E-state index is 11.8. The highest BCUT2D eigenvalue weighted by molar-refractivity contribution is 7.85. The van der Waals surface area contributed by atoms with Crippen LogP contribution in [0, 0.1) is 5.92 Å². The van der Waals surface area contributed by atoms with Crippen LogP contribution in [0.25, 0.3) is 0 Å². The van der Waals surface area contributed by atoms with Crippen LogP contribution in [0.1, 0.15) is 12.8 Å². The van der Waals surface area contributed by atoms with Gasteiger partial charge in [0.15, 0.2) is 0 Å². The molecular formula is C9H17NO2S. The second-order valence-corrected chi connectivity index (χ2v) is 5.64. The molecule has 3 nitrogen and oxygen atoms in total. The number of nitrogens with one attached hydrogen (secondary N) is 1. The van der Waals surface area contributed by atoms with Crippen molar-refractivity contribution in [1.82, 2.24) is 5.32 Å². The van der Waals surface area contributed by atoms with E-state index in [-0.39, 0.29) is 0 Å². The van der Waals surface area contributed by atoms with Crippen molar-refractivity contribution < 1.29 is 8.95 Å². The summed E-state index contributed by atoms with van der Waals surface area (Å²) >= 11 is 0. The summed E-state index contributed by atoms with van der Waals surface area (Å²) in [5.74, 6) is 1.57. The average molecular weight is 203 g/mol. The van der Waals surface area contributed by atoms with E-state index in [0.29, 0.717) is 11.2 Å². The van der Waals surface area contributed by atoms with Gasteiger partial charge in [-0.2, -0.15) is 0 Å². The highest BCUT2D eigenvalue weighted by Gasteiger charge is 2.25. The van der Waals surface area contributed by atoms with Crippen LogP contribution in [-0.2, 0) is 15.5 Å². The monoisotopic (exact) mass is 203 g/mol. The SMILES string of the molecule is O=S(CC1CNC1)C1CCOCC1. The molecule has 2 heterocycles. The van der Waals surface area contributed by atoms with Crippen molar-refractivity contribution in [1.29, 1.82) is 0 Å². The van der Waals surface area contributed by atoms with Gasteiger partial charge in [-0.1, -0.05) is 0 Å². The predicted molar refractivity (Wildman–Crippen MR) is 53.2 cm³/mol. The van der Waals surface area contributed by atoms with E-state index in [0.717, 1.165) is 44.9 Å². The molecule has 2 aliphatic heterocycles. The fraction of sp³-hybridized carbons (Fsp3) is 1.00. The Labute approximate surface area is 81.7 Å². The number of rotatable bonds is 3. The molecule has 0 spiro atoms. The highest BCUT2D eigenvalue weighted by atomic mass is 32.2. The van der Waals surface area contributed by atoms with Crippen molar-refractivity contribution >= 4 is 10.8 Å². The number of hydrogen-bond acceptors (Lipinski definition) is 3. The molecule has 1 N–H and O–H groups in total. The van der Waals surface area contributed by atoms with Gasteiger partial charge in [-0.3, -0.25) is 4.21 Å². The summed E-state index contributed by atoms with van der Waals surface area (Å²) in [6.45, 7) is 3.74. The molecule has 0 aromatic rings. The van der Waals surface area contributed by atoms with Gasteiger partial charge in [0, 0.05) is 48.1 Å². The average Bonchev–Trinajstić information content (AvgIpc) is 2.12.